The molecule has 0 saturated heterocycles. The second-order valence-electron chi connectivity index (χ2n) is 2.58. The topological polar surface area (TPSA) is 61.1 Å². The van der Waals surface area contributed by atoms with Crippen molar-refractivity contribution in [3.63, 3.8) is 0 Å². The molecule has 0 amide bonds. The van der Waals surface area contributed by atoms with Crippen LogP contribution < -0.4 is 0 Å². The summed E-state index contributed by atoms with van der Waals surface area (Å²) in [6.45, 7) is 0. The lowest BCUT2D eigenvalue weighted by Gasteiger charge is -2.04. The summed E-state index contributed by atoms with van der Waals surface area (Å²) in [5.41, 5.74) is 0.733. The van der Waals surface area contributed by atoms with Gasteiger partial charge in [-0.1, -0.05) is 17.7 Å². The lowest BCUT2D eigenvalue weighted by molar-refractivity contribution is -0.136. The van der Waals surface area contributed by atoms with Gasteiger partial charge in [-0.25, -0.2) is 0 Å². The number of carboxylic acids is 1. The van der Waals surface area contributed by atoms with Crippen LogP contribution in [-0.4, -0.2) is 11.1 Å². The Balaban J connectivity index is 3.26. The minimum Gasteiger partial charge on any atom is -0.481 e. The van der Waals surface area contributed by atoms with Crippen LogP contribution in [0.1, 0.15) is 11.1 Å². The van der Waals surface area contributed by atoms with E-state index in [0.717, 1.165) is 0 Å². The monoisotopic (exact) mass is 273 g/mol. The van der Waals surface area contributed by atoms with Gasteiger partial charge in [0.05, 0.1) is 21.5 Å². The molecule has 14 heavy (non-hydrogen) atoms. The molecule has 72 valence electrons. The Labute approximate surface area is 94.0 Å². The van der Waals surface area contributed by atoms with Gasteiger partial charge in [-0.2, -0.15) is 5.26 Å². The molecule has 0 aromatic heterocycles. The third-order valence-corrected chi connectivity index (χ3v) is 3.00. The number of benzene rings is 1. The standard InChI is InChI=1S/C9H5BrClNO2/c10-9-6(4-12)5(3-8(13)14)1-2-7(9)11/h1-2H,3H2,(H,13,14). The molecule has 0 atom stereocenters. The second kappa shape index (κ2) is 4.45. The summed E-state index contributed by atoms with van der Waals surface area (Å²) in [6.07, 6.45) is -0.182. The highest BCUT2D eigenvalue weighted by Gasteiger charge is 2.12. The van der Waals surface area contributed by atoms with E-state index in [2.05, 4.69) is 15.9 Å². The van der Waals surface area contributed by atoms with Gasteiger partial charge >= 0.3 is 5.97 Å². The van der Waals surface area contributed by atoms with Gasteiger partial charge < -0.3 is 5.11 Å². The molecule has 3 nitrogen and oxygen atoms in total. The molecule has 0 aliphatic rings. The van der Waals surface area contributed by atoms with Crippen LogP contribution in [0.5, 0.6) is 0 Å². The van der Waals surface area contributed by atoms with Crippen LogP contribution in [0.15, 0.2) is 16.6 Å². The summed E-state index contributed by atoms with van der Waals surface area (Å²) in [7, 11) is 0. The lowest BCUT2D eigenvalue weighted by Crippen LogP contribution is -2.02. The van der Waals surface area contributed by atoms with Crippen molar-refractivity contribution in [3.05, 3.63) is 32.8 Å². The van der Waals surface area contributed by atoms with Crippen molar-refractivity contribution >= 4 is 33.5 Å². The fraction of sp³-hybridized carbons (Fsp3) is 0.111. The first-order valence-corrected chi connectivity index (χ1v) is 4.82. The van der Waals surface area contributed by atoms with Crippen molar-refractivity contribution in [2.45, 2.75) is 6.42 Å². The molecule has 1 rings (SSSR count). The number of rotatable bonds is 2. The molecule has 0 aliphatic carbocycles. The van der Waals surface area contributed by atoms with Crippen molar-refractivity contribution < 1.29 is 9.90 Å². The number of carbonyl (C=O) groups is 1. The Morgan fingerprint density at radius 1 is 1.64 bits per heavy atom. The Morgan fingerprint density at radius 2 is 2.29 bits per heavy atom. The molecule has 0 aliphatic heterocycles. The number of halogens is 2. The molecule has 0 fully saturated rings. The number of nitriles is 1. The van der Waals surface area contributed by atoms with Crippen molar-refractivity contribution in [1.82, 2.24) is 0 Å². The molecule has 0 heterocycles. The molecule has 1 aromatic rings. The average Bonchev–Trinajstić information content (AvgIpc) is 2.11. The molecule has 0 bridgehead atoms. The highest BCUT2D eigenvalue weighted by molar-refractivity contribution is 9.10. The zero-order valence-corrected chi connectivity index (χ0v) is 9.26. The summed E-state index contributed by atoms with van der Waals surface area (Å²) in [5, 5.41) is 17.8. The third-order valence-electron chi connectivity index (χ3n) is 1.63. The van der Waals surface area contributed by atoms with E-state index in [0.29, 0.717) is 15.1 Å². The Kier molecular flexibility index (Phi) is 3.50. The minimum atomic E-state index is -0.976. The van der Waals surface area contributed by atoms with Crippen LogP contribution in [0.25, 0.3) is 0 Å². The quantitative estimate of drug-likeness (QED) is 0.901. The summed E-state index contributed by atoms with van der Waals surface area (Å²) in [6, 6.07) is 5.02. The minimum absolute atomic E-state index is 0.182. The van der Waals surface area contributed by atoms with Crippen LogP contribution in [0.4, 0.5) is 0 Å². The third kappa shape index (κ3) is 2.25. The highest BCUT2D eigenvalue weighted by Crippen LogP contribution is 2.28. The van der Waals surface area contributed by atoms with E-state index in [-0.39, 0.29) is 12.0 Å². The molecule has 0 saturated carbocycles. The number of hydrogen-bond acceptors (Lipinski definition) is 2. The van der Waals surface area contributed by atoms with Gasteiger partial charge in [-0.3, -0.25) is 4.79 Å². The Hall–Kier alpha value is -1.05. The number of hydrogen-bond donors (Lipinski definition) is 1. The fourth-order valence-corrected chi connectivity index (χ4v) is 1.65. The summed E-state index contributed by atoms with van der Waals surface area (Å²) in [5.74, 6) is -0.976. The zero-order valence-electron chi connectivity index (χ0n) is 6.92. The van der Waals surface area contributed by atoms with Crippen molar-refractivity contribution in [2.75, 3.05) is 0 Å². The lowest BCUT2D eigenvalue weighted by atomic mass is 10.1. The fourth-order valence-electron chi connectivity index (χ4n) is 1.02. The van der Waals surface area contributed by atoms with E-state index < -0.39 is 5.97 Å². The molecule has 5 heteroatoms. The summed E-state index contributed by atoms with van der Waals surface area (Å²) in [4.78, 5) is 10.5. The number of carboxylic acid groups (broad SMARTS) is 1. The number of aliphatic carboxylic acids is 1. The molecule has 0 unspecified atom stereocenters. The molecule has 1 aromatic carbocycles. The first-order chi connectivity index (χ1) is 6.56. The van der Waals surface area contributed by atoms with Crippen molar-refractivity contribution in [2.24, 2.45) is 0 Å². The van der Waals surface area contributed by atoms with E-state index >= 15 is 0 Å². The van der Waals surface area contributed by atoms with Crippen LogP contribution in [-0.2, 0) is 11.2 Å². The highest BCUT2D eigenvalue weighted by atomic mass is 79.9. The first-order valence-electron chi connectivity index (χ1n) is 3.65. The Morgan fingerprint density at radius 3 is 2.79 bits per heavy atom. The van der Waals surface area contributed by atoms with Gasteiger partial charge in [0.1, 0.15) is 6.07 Å². The normalized spacial score (nSPS) is 9.50. The van der Waals surface area contributed by atoms with Gasteiger partial charge in [0.15, 0.2) is 0 Å². The van der Waals surface area contributed by atoms with Crippen LogP contribution in [0.2, 0.25) is 5.02 Å². The first kappa shape index (κ1) is 11.0. The van der Waals surface area contributed by atoms with E-state index in [4.69, 9.17) is 22.0 Å². The largest absolute Gasteiger partial charge is 0.481 e. The SMILES string of the molecule is N#Cc1c(CC(=O)O)ccc(Cl)c1Br. The average molecular weight is 275 g/mol. The molecule has 0 radical (unpaired) electrons. The summed E-state index contributed by atoms with van der Waals surface area (Å²) >= 11 is 8.89. The maximum atomic E-state index is 10.5. The van der Waals surface area contributed by atoms with Gasteiger partial charge in [0, 0.05) is 0 Å². The van der Waals surface area contributed by atoms with Gasteiger partial charge in [-0.15, -0.1) is 0 Å². The van der Waals surface area contributed by atoms with Crippen molar-refractivity contribution in [3.8, 4) is 6.07 Å². The van der Waals surface area contributed by atoms with Gasteiger partial charge in [0.2, 0.25) is 0 Å². The van der Waals surface area contributed by atoms with E-state index in [1.807, 2.05) is 6.07 Å². The van der Waals surface area contributed by atoms with Crippen LogP contribution in [0, 0.1) is 11.3 Å². The Bertz CT molecular complexity index is 426. The summed E-state index contributed by atoms with van der Waals surface area (Å²) < 4.78 is 0.445. The number of nitrogens with zero attached hydrogens (tertiary/aromatic N) is 1. The zero-order chi connectivity index (χ0) is 10.7. The maximum Gasteiger partial charge on any atom is 0.307 e. The smallest absolute Gasteiger partial charge is 0.307 e. The predicted octanol–water partition coefficient (Wildman–Crippen LogP) is 2.60. The van der Waals surface area contributed by atoms with Crippen molar-refractivity contribution in [1.29, 1.82) is 5.26 Å². The second-order valence-corrected chi connectivity index (χ2v) is 3.78. The molecule has 0 spiro atoms. The van der Waals surface area contributed by atoms with E-state index in [1.165, 1.54) is 0 Å². The van der Waals surface area contributed by atoms with Crippen LogP contribution >= 0.6 is 27.5 Å². The van der Waals surface area contributed by atoms with E-state index in [1.54, 1.807) is 12.1 Å². The predicted molar refractivity (Wildman–Crippen MR) is 55.2 cm³/mol. The van der Waals surface area contributed by atoms with Gasteiger partial charge in [-0.05, 0) is 27.6 Å². The maximum absolute atomic E-state index is 10.5. The van der Waals surface area contributed by atoms with Gasteiger partial charge in [0.25, 0.3) is 0 Å². The molecular weight excluding hydrogens is 269 g/mol. The van der Waals surface area contributed by atoms with E-state index in [9.17, 15) is 4.79 Å². The molecule has 1 N–H and O–H groups in total. The molecular formula is C9H5BrClNO2. The van der Waals surface area contributed by atoms with Crippen LogP contribution in [0.3, 0.4) is 0 Å².